The standard InChI is InChI=1S/2C6H14O2/c2*1-5-6(2,7-3)8-4/h2*5H2,1-4H3. The largest absolute Gasteiger partial charge is 0.353 e. The quantitative estimate of drug-likeness (QED) is 0.665. The van der Waals surface area contributed by atoms with Gasteiger partial charge in [0.2, 0.25) is 0 Å². The van der Waals surface area contributed by atoms with Crippen LogP contribution < -0.4 is 0 Å². The second kappa shape index (κ2) is 8.93. The third kappa shape index (κ3) is 7.17. The first kappa shape index (κ1) is 18.2. The zero-order valence-corrected chi connectivity index (χ0v) is 12.0. The molecule has 0 bridgehead atoms. The van der Waals surface area contributed by atoms with Crippen molar-refractivity contribution in [1.82, 2.24) is 0 Å². The first-order chi connectivity index (χ1) is 7.36. The van der Waals surface area contributed by atoms with Gasteiger partial charge in [-0.25, -0.2) is 0 Å². The van der Waals surface area contributed by atoms with Crippen LogP contribution in [0.1, 0.15) is 40.5 Å². The molecular weight excluding hydrogens is 208 g/mol. The lowest BCUT2D eigenvalue weighted by molar-refractivity contribution is -0.194. The Hall–Kier alpha value is -0.160. The van der Waals surface area contributed by atoms with Crippen LogP contribution in [-0.4, -0.2) is 40.0 Å². The van der Waals surface area contributed by atoms with Crippen molar-refractivity contribution in [3.8, 4) is 0 Å². The maximum atomic E-state index is 5.01. The van der Waals surface area contributed by atoms with Gasteiger partial charge in [-0.1, -0.05) is 13.8 Å². The molecule has 0 aliphatic carbocycles. The molecule has 0 aromatic carbocycles. The zero-order valence-electron chi connectivity index (χ0n) is 12.0. The second-order valence-electron chi connectivity index (χ2n) is 3.79. The lowest BCUT2D eigenvalue weighted by Gasteiger charge is -2.23. The molecule has 0 fully saturated rings. The van der Waals surface area contributed by atoms with E-state index in [1.165, 1.54) is 0 Å². The molecule has 0 aromatic heterocycles. The van der Waals surface area contributed by atoms with Crippen molar-refractivity contribution in [3.63, 3.8) is 0 Å². The third-order valence-corrected chi connectivity index (χ3v) is 3.01. The van der Waals surface area contributed by atoms with E-state index >= 15 is 0 Å². The molecule has 100 valence electrons. The number of ether oxygens (including phenoxy) is 4. The molecule has 0 saturated heterocycles. The van der Waals surface area contributed by atoms with Gasteiger partial charge in [0.05, 0.1) is 0 Å². The van der Waals surface area contributed by atoms with Crippen molar-refractivity contribution < 1.29 is 18.9 Å². The van der Waals surface area contributed by atoms with Gasteiger partial charge < -0.3 is 18.9 Å². The van der Waals surface area contributed by atoms with Crippen molar-refractivity contribution in [3.05, 3.63) is 0 Å². The Bertz CT molecular complexity index is 117. The van der Waals surface area contributed by atoms with E-state index in [1.54, 1.807) is 28.4 Å². The van der Waals surface area contributed by atoms with Gasteiger partial charge in [-0.2, -0.15) is 0 Å². The summed E-state index contributed by atoms with van der Waals surface area (Å²) in [5.41, 5.74) is 0. The van der Waals surface area contributed by atoms with Crippen LogP contribution in [0.3, 0.4) is 0 Å². The molecular formula is C12H28O4. The summed E-state index contributed by atoms with van der Waals surface area (Å²) in [5.74, 6) is -0.750. The molecule has 0 amide bonds. The fourth-order valence-electron chi connectivity index (χ4n) is 0.744. The maximum Gasteiger partial charge on any atom is 0.164 e. The summed E-state index contributed by atoms with van der Waals surface area (Å²) in [6.07, 6.45) is 1.75. The lowest BCUT2D eigenvalue weighted by atomic mass is 10.2. The Morgan fingerprint density at radius 1 is 0.625 bits per heavy atom. The highest BCUT2D eigenvalue weighted by atomic mass is 16.7. The van der Waals surface area contributed by atoms with Gasteiger partial charge >= 0.3 is 0 Å². The minimum atomic E-state index is -0.375. The van der Waals surface area contributed by atoms with E-state index in [0.29, 0.717) is 0 Å². The van der Waals surface area contributed by atoms with E-state index < -0.39 is 0 Å². The molecule has 0 saturated carbocycles. The van der Waals surface area contributed by atoms with Crippen LogP contribution in [0.5, 0.6) is 0 Å². The number of hydrogen-bond donors (Lipinski definition) is 0. The predicted molar refractivity (Wildman–Crippen MR) is 65.4 cm³/mol. The highest BCUT2D eigenvalue weighted by molar-refractivity contribution is 4.56. The molecule has 4 nitrogen and oxygen atoms in total. The third-order valence-electron chi connectivity index (χ3n) is 3.01. The Kier molecular flexibility index (Phi) is 10.2. The van der Waals surface area contributed by atoms with Gasteiger partial charge in [0.15, 0.2) is 11.6 Å². The monoisotopic (exact) mass is 236 g/mol. The summed E-state index contributed by atoms with van der Waals surface area (Å²) in [6.45, 7) is 7.86. The number of hydrogen-bond acceptors (Lipinski definition) is 4. The van der Waals surface area contributed by atoms with E-state index in [4.69, 9.17) is 18.9 Å². The first-order valence-electron chi connectivity index (χ1n) is 5.57. The Balaban J connectivity index is 0. The fourth-order valence-corrected chi connectivity index (χ4v) is 0.744. The van der Waals surface area contributed by atoms with E-state index in [2.05, 4.69) is 0 Å². The van der Waals surface area contributed by atoms with E-state index in [-0.39, 0.29) is 11.6 Å². The minimum Gasteiger partial charge on any atom is -0.353 e. The highest BCUT2D eigenvalue weighted by Crippen LogP contribution is 2.13. The summed E-state index contributed by atoms with van der Waals surface area (Å²) in [4.78, 5) is 0. The highest BCUT2D eigenvalue weighted by Gasteiger charge is 2.18. The summed E-state index contributed by atoms with van der Waals surface area (Å²) in [5, 5.41) is 0. The van der Waals surface area contributed by atoms with Crippen molar-refractivity contribution in [2.45, 2.75) is 52.1 Å². The minimum absolute atomic E-state index is 0.375. The van der Waals surface area contributed by atoms with Gasteiger partial charge in [0.1, 0.15) is 0 Å². The first-order valence-corrected chi connectivity index (χ1v) is 5.57. The number of methoxy groups -OCH3 is 4. The van der Waals surface area contributed by atoms with Crippen molar-refractivity contribution in [1.29, 1.82) is 0 Å². The molecule has 0 aliphatic rings. The van der Waals surface area contributed by atoms with Gasteiger partial charge in [0, 0.05) is 28.4 Å². The SMILES string of the molecule is CCC(C)(OC)OC.CCC(C)(OC)OC. The summed E-state index contributed by atoms with van der Waals surface area (Å²) in [7, 11) is 6.58. The van der Waals surface area contributed by atoms with Gasteiger partial charge in [-0.05, 0) is 26.7 Å². The van der Waals surface area contributed by atoms with Crippen LogP contribution in [0.4, 0.5) is 0 Å². The van der Waals surface area contributed by atoms with Crippen LogP contribution in [0.25, 0.3) is 0 Å². The summed E-state index contributed by atoms with van der Waals surface area (Å²) in [6, 6.07) is 0. The maximum absolute atomic E-state index is 5.01. The molecule has 0 aliphatic heterocycles. The normalized spacial score (nSPS) is 12.0. The molecule has 0 atom stereocenters. The molecule has 0 heterocycles. The van der Waals surface area contributed by atoms with Crippen LogP contribution in [0.15, 0.2) is 0 Å². The Morgan fingerprint density at radius 2 is 0.812 bits per heavy atom. The average Bonchev–Trinajstić information content (AvgIpc) is 2.37. The van der Waals surface area contributed by atoms with Crippen molar-refractivity contribution in [2.75, 3.05) is 28.4 Å². The topological polar surface area (TPSA) is 36.9 Å². The van der Waals surface area contributed by atoms with Crippen LogP contribution >= 0.6 is 0 Å². The molecule has 0 radical (unpaired) electrons. The molecule has 0 spiro atoms. The zero-order chi connectivity index (χ0) is 13.2. The van der Waals surface area contributed by atoms with Crippen LogP contribution in [0.2, 0.25) is 0 Å². The van der Waals surface area contributed by atoms with Gasteiger partial charge in [-0.3, -0.25) is 0 Å². The summed E-state index contributed by atoms with van der Waals surface area (Å²) >= 11 is 0. The van der Waals surface area contributed by atoms with Crippen molar-refractivity contribution >= 4 is 0 Å². The van der Waals surface area contributed by atoms with E-state index in [0.717, 1.165) is 12.8 Å². The number of rotatable bonds is 6. The van der Waals surface area contributed by atoms with Crippen LogP contribution in [-0.2, 0) is 18.9 Å². The Labute approximate surface area is 100 Å². The molecule has 0 aromatic rings. The molecule has 0 unspecified atom stereocenters. The second-order valence-corrected chi connectivity index (χ2v) is 3.79. The Morgan fingerprint density at radius 3 is 0.812 bits per heavy atom. The van der Waals surface area contributed by atoms with Gasteiger partial charge in [0.25, 0.3) is 0 Å². The van der Waals surface area contributed by atoms with Crippen molar-refractivity contribution in [2.24, 2.45) is 0 Å². The average molecular weight is 236 g/mol. The van der Waals surface area contributed by atoms with Gasteiger partial charge in [-0.15, -0.1) is 0 Å². The fraction of sp³-hybridized carbons (Fsp3) is 1.00. The van der Waals surface area contributed by atoms with Crippen LogP contribution in [0, 0.1) is 0 Å². The molecule has 0 rings (SSSR count). The molecule has 16 heavy (non-hydrogen) atoms. The van der Waals surface area contributed by atoms with E-state index in [1.807, 2.05) is 27.7 Å². The summed E-state index contributed by atoms with van der Waals surface area (Å²) < 4.78 is 20.1. The van der Waals surface area contributed by atoms with E-state index in [9.17, 15) is 0 Å². The molecule has 0 N–H and O–H groups in total. The molecule has 4 heteroatoms. The predicted octanol–water partition coefficient (Wildman–Crippen LogP) is 2.81. The smallest absolute Gasteiger partial charge is 0.164 e. The lowest BCUT2D eigenvalue weighted by Crippen LogP contribution is -2.27.